The van der Waals surface area contributed by atoms with Crippen LogP contribution >= 0.6 is 0 Å². The van der Waals surface area contributed by atoms with Crippen LogP contribution in [-0.2, 0) is 16.1 Å². The molecular formula is C21H23NO3. The number of hydrogen-bond donors (Lipinski definition) is 0. The lowest BCUT2D eigenvalue weighted by Crippen LogP contribution is -2.40. The highest BCUT2D eigenvalue weighted by Crippen LogP contribution is 2.37. The van der Waals surface area contributed by atoms with E-state index in [1.54, 1.807) is 23.3 Å². The van der Waals surface area contributed by atoms with Gasteiger partial charge in [0.1, 0.15) is 6.61 Å². The fourth-order valence-electron chi connectivity index (χ4n) is 3.35. The number of carbonyl (C=O) groups is 2. The highest BCUT2D eigenvalue weighted by atomic mass is 16.6. The van der Waals surface area contributed by atoms with E-state index in [0.717, 1.165) is 17.6 Å². The van der Waals surface area contributed by atoms with Gasteiger partial charge < -0.3 is 4.74 Å². The number of carbonyl (C=O) groups excluding carboxylic acids is 2. The van der Waals surface area contributed by atoms with Crippen molar-refractivity contribution < 1.29 is 14.3 Å². The van der Waals surface area contributed by atoms with Crippen molar-refractivity contribution in [2.45, 2.75) is 39.3 Å². The Morgan fingerprint density at radius 3 is 2.68 bits per heavy atom. The first-order valence-electron chi connectivity index (χ1n) is 8.52. The highest BCUT2D eigenvalue weighted by molar-refractivity contribution is 5.92. The lowest BCUT2D eigenvalue weighted by atomic mass is 9.74. The van der Waals surface area contributed by atoms with Gasteiger partial charge in [-0.1, -0.05) is 56.3 Å². The average Bonchev–Trinajstić information content (AvgIpc) is 2.59. The molecule has 0 saturated heterocycles. The van der Waals surface area contributed by atoms with Gasteiger partial charge in [-0.25, -0.2) is 4.79 Å². The number of hydrogen-bond acceptors (Lipinski definition) is 3. The summed E-state index contributed by atoms with van der Waals surface area (Å²) < 4.78 is 5.46. The van der Waals surface area contributed by atoms with Gasteiger partial charge in [-0.2, -0.15) is 0 Å². The molecule has 1 atom stereocenters. The maximum atomic E-state index is 12.6. The lowest BCUT2D eigenvalue weighted by Gasteiger charge is -2.36. The fourth-order valence-corrected chi connectivity index (χ4v) is 3.35. The molecule has 0 radical (unpaired) electrons. The third-order valence-electron chi connectivity index (χ3n) is 4.43. The standard InChI is InChI=1S/C21H23NO3/c1-21(2)13-17(12-18(23)14-21)19-10-6-7-11-22(19)20(24)25-15-16-8-4-3-5-9-16/h3-12,19H,13-15H2,1-2H3/t19-/m1/s1. The summed E-state index contributed by atoms with van der Waals surface area (Å²) >= 11 is 0. The lowest BCUT2D eigenvalue weighted by molar-refractivity contribution is -0.117. The second-order valence-corrected chi connectivity index (χ2v) is 7.32. The SMILES string of the molecule is CC1(C)CC(=O)C=C([C@H]2C=CC=CN2C(=O)OCc2ccccc2)C1. The van der Waals surface area contributed by atoms with Gasteiger partial charge in [0.05, 0.1) is 6.04 Å². The molecule has 1 aliphatic heterocycles. The van der Waals surface area contributed by atoms with E-state index in [4.69, 9.17) is 4.74 Å². The first-order valence-corrected chi connectivity index (χ1v) is 8.52. The molecule has 3 rings (SSSR count). The van der Waals surface area contributed by atoms with Gasteiger partial charge in [-0.3, -0.25) is 9.69 Å². The number of allylic oxidation sites excluding steroid dienone is 3. The van der Waals surface area contributed by atoms with E-state index in [9.17, 15) is 9.59 Å². The quantitative estimate of drug-likeness (QED) is 0.821. The van der Waals surface area contributed by atoms with Crippen LogP contribution in [0.25, 0.3) is 0 Å². The molecule has 1 aliphatic carbocycles. The van der Waals surface area contributed by atoms with Crippen LogP contribution in [0.2, 0.25) is 0 Å². The van der Waals surface area contributed by atoms with Gasteiger partial charge in [0.2, 0.25) is 0 Å². The molecular weight excluding hydrogens is 314 g/mol. The van der Waals surface area contributed by atoms with E-state index < -0.39 is 6.09 Å². The number of ether oxygens (including phenoxy) is 1. The molecule has 0 bridgehead atoms. The van der Waals surface area contributed by atoms with Crippen molar-refractivity contribution in [3.8, 4) is 0 Å². The number of rotatable bonds is 3. The minimum absolute atomic E-state index is 0.0875. The number of benzene rings is 1. The molecule has 25 heavy (non-hydrogen) atoms. The maximum absolute atomic E-state index is 12.6. The Bertz CT molecular complexity index is 744. The van der Waals surface area contributed by atoms with Crippen molar-refractivity contribution in [2.24, 2.45) is 5.41 Å². The van der Waals surface area contributed by atoms with Crippen molar-refractivity contribution in [3.63, 3.8) is 0 Å². The predicted molar refractivity (Wildman–Crippen MR) is 96.6 cm³/mol. The number of nitrogens with zero attached hydrogens (tertiary/aromatic N) is 1. The first-order chi connectivity index (χ1) is 11.9. The smallest absolute Gasteiger partial charge is 0.414 e. The Kier molecular flexibility index (Phi) is 4.88. The maximum Gasteiger partial charge on any atom is 0.414 e. The molecule has 1 aromatic rings. The summed E-state index contributed by atoms with van der Waals surface area (Å²) in [7, 11) is 0. The van der Waals surface area contributed by atoms with Crippen LogP contribution in [-0.4, -0.2) is 22.8 Å². The molecule has 2 aliphatic rings. The van der Waals surface area contributed by atoms with Crippen LogP contribution in [0.4, 0.5) is 4.79 Å². The second kappa shape index (κ2) is 7.09. The third kappa shape index (κ3) is 4.27. The Balaban J connectivity index is 1.73. The normalized spacial score (nSPS) is 21.8. The van der Waals surface area contributed by atoms with Gasteiger partial charge in [-0.15, -0.1) is 0 Å². The molecule has 0 fully saturated rings. The number of ketones is 1. The van der Waals surface area contributed by atoms with Crippen LogP contribution in [0, 0.1) is 5.41 Å². The van der Waals surface area contributed by atoms with Gasteiger partial charge in [0.25, 0.3) is 0 Å². The molecule has 1 amide bonds. The first kappa shape index (κ1) is 17.2. The topological polar surface area (TPSA) is 46.6 Å². The molecule has 1 heterocycles. The van der Waals surface area contributed by atoms with Gasteiger partial charge in [0, 0.05) is 12.6 Å². The van der Waals surface area contributed by atoms with Crippen molar-refractivity contribution >= 4 is 11.9 Å². The van der Waals surface area contributed by atoms with Crippen molar-refractivity contribution in [3.05, 3.63) is 72.0 Å². The molecule has 130 valence electrons. The van der Waals surface area contributed by atoms with E-state index in [1.165, 1.54) is 0 Å². The van der Waals surface area contributed by atoms with E-state index in [0.29, 0.717) is 6.42 Å². The average molecular weight is 337 g/mol. The monoisotopic (exact) mass is 337 g/mol. The zero-order chi connectivity index (χ0) is 17.9. The summed E-state index contributed by atoms with van der Waals surface area (Å²) in [6.07, 6.45) is 9.96. The van der Waals surface area contributed by atoms with Crippen molar-refractivity contribution in [2.75, 3.05) is 0 Å². The molecule has 0 saturated carbocycles. The molecule has 0 spiro atoms. The summed E-state index contributed by atoms with van der Waals surface area (Å²) in [6.45, 7) is 4.39. The van der Waals surface area contributed by atoms with Crippen LogP contribution in [0.3, 0.4) is 0 Å². The fraction of sp³-hybridized carbons (Fsp3) is 0.333. The summed E-state index contributed by atoms with van der Waals surface area (Å²) in [4.78, 5) is 26.2. The zero-order valence-electron chi connectivity index (χ0n) is 14.6. The van der Waals surface area contributed by atoms with Crippen molar-refractivity contribution in [1.82, 2.24) is 4.90 Å². The molecule has 4 heteroatoms. The van der Waals surface area contributed by atoms with Gasteiger partial charge >= 0.3 is 6.09 Å². The van der Waals surface area contributed by atoms with Crippen LogP contribution in [0.5, 0.6) is 0 Å². The Hall–Kier alpha value is -2.62. The van der Waals surface area contributed by atoms with Crippen LogP contribution in [0.15, 0.2) is 66.4 Å². The summed E-state index contributed by atoms with van der Waals surface area (Å²) in [5, 5.41) is 0. The molecule has 0 unspecified atom stereocenters. The molecule has 0 N–H and O–H groups in total. The zero-order valence-corrected chi connectivity index (χ0v) is 14.6. The predicted octanol–water partition coefficient (Wildman–Crippen LogP) is 4.39. The van der Waals surface area contributed by atoms with E-state index >= 15 is 0 Å². The number of amides is 1. The Morgan fingerprint density at radius 2 is 1.96 bits per heavy atom. The summed E-state index contributed by atoms with van der Waals surface area (Å²) in [5.74, 6) is 0.117. The molecule has 1 aromatic carbocycles. The molecule has 4 nitrogen and oxygen atoms in total. The largest absolute Gasteiger partial charge is 0.444 e. The van der Waals surface area contributed by atoms with E-state index in [-0.39, 0.29) is 23.8 Å². The van der Waals surface area contributed by atoms with E-state index in [2.05, 4.69) is 13.8 Å². The van der Waals surface area contributed by atoms with Gasteiger partial charge in [0.15, 0.2) is 5.78 Å². The summed E-state index contributed by atoms with van der Waals surface area (Å²) in [5.41, 5.74) is 1.81. The van der Waals surface area contributed by atoms with Crippen LogP contribution in [0.1, 0.15) is 32.3 Å². The minimum atomic E-state index is -0.411. The minimum Gasteiger partial charge on any atom is -0.444 e. The Labute approximate surface area is 148 Å². The molecule has 0 aromatic heterocycles. The Morgan fingerprint density at radius 1 is 1.20 bits per heavy atom. The third-order valence-corrected chi connectivity index (χ3v) is 4.43. The summed E-state index contributed by atoms with van der Waals surface area (Å²) in [6, 6.07) is 9.32. The van der Waals surface area contributed by atoms with Gasteiger partial charge in [-0.05, 0) is 35.1 Å². The second-order valence-electron chi connectivity index (χ2n) is 7.32. The van der Waals surface area contributed by atoms with E-state index in [1.807, 2.05) is 42.5 Å². The van der Waals surface area contributed by atoms with Crippen LogP contribution < -0.4 is 0 Å². The highest BCUT2D eigenvalue weighted by Gasteiger charge is 2.34. The van der Waals surface area contributed by atoms with Crippen molar-refractivity contribution in [1.29, 1.82) is 0 Å².